The number of hydrogen-bond donors (Lipinski definition) is 0. The zero-order chi connectivity index (χ0) is 15.3. The van der Waals surface area contributed by atoms with Gasteiger partial charge in [-0.05, 0) is 38.3 Å². The number of aryl methyl sites for hydroxylation is 3. The Hall–Kier alpha value is -2.20. The van der Waals surface area contributed by atoms with Gasteiger partial charge in [0.25, 0.3) is 0 Å². The van der Waals surface area contributed by atoms with Crippen LogP contribution in [0.3, 0.4) is 0 Å². The van der Waals surface area contributed by atoms with Crippen molar-refractivity contribution >= 4 is 28.2 Å². The zero-order valence-electron chi connectivity index (χ0n) is 12.6. The first-order valence-corrected chi connectivity index (χ1v) is 8.23. The lowest BCUT2D eigenvalue weighted by Gasteiger charge is -2.17. The number of benzene rings is 1. The van der Waals surface area contributed by atoms with Crippen LogP contribution in [0, 0.1) is 13.8 Å². The molecule has 0 aliphatic heterocycles. The molecule has 1 aliphatic rings. The SMILES string of the molecule is Cc1cn2c(/C=C3\CCc4ccccc4C3=O)c(C)nc2s1. The molecule has 0 bridgehead atoms. The van der Waals surface area contributed by atoms with Crippen LogP contribution in [-0.2, 0) is 6.42 Å². The number of fused-ring (bicyclic) bond motifs is 2. The molecule has 0 saturated carbocycles. The number of ketones is 1. The van der Waals surface area contributed by atoms with Crippen molar-refractivity contribution in [1.82, 2.24) is 9.38 Å². The number of Topliss-reactive ketones (excluding diaryl/α,β-unsaturated/α-hetero) is 1. The highest BCUT2D eigenvalue weighted by atomic mass is 32.1. The Morgan fingerprint density at radius 2 is 2.05 bits per heavy atom. The Bertz CT molecular complexity index is 930. The summed E-state index contributed by atoms with van der Waals surface area (Å²) >= 11 is 1.68. The van der Waals surface area contributed by atoms with Crippen LogP contribution in [0.5, 0.6) is 0 Å². The minimum atomic E-state index is 0.156. The summed E-state index contributed by atoms with van der Waals surface area (Å²) in [4.78, 5) is 19.5. The third-order valence-corrected chi connectivity index (χ3v) is 5.09. The number of allylic oxidation sites excluding steroid dienone is 1. The van der Waals surface area contributed by atoms with E-state index in [9.17, 15) is 4.79 Å². The quantitative estimate of drug-likeness (QED) is 0.631. The first-order chi connectivity index (χ1) is 10.6. The lowest BCUT2D eigenvalue weighted by atomic mass is 9.86. The van der Waals surface area contributed by atoms with Crippen LogP contribution >= 0.6 is 11.3 Å². The number of nitrogens with zero attached hydrogens (tertiary/aromatic N) is 2. The van der Waals surface area contributed by atoms with E-state index >= 15 is 0 Å². The fraction of sp³-hybridized carbons (Fsp3) is 0.222. The highest BCUT2D eigenvalue weighted by Crippen LogP contribution is 2.28. The second kappa shape index (κ2) is 4.92. The fourth-order valence-electron chi connectivity index (χ4n) is 3.07. The fourth-order valence-corrected chi connectivity index (χ4v) is 3.95. The molecule has 2 heterocycles. The van der Waals surface area contributed by atoms with Gasteiger partial charge in [-0.2, -0.15) is 0 Å². The van der Waals surface area contributed by atoms with Gasteiger partial charge in [0.1, 0.15) is 0 Å². The molecule has 0 N–H and O–H groups in total. The predicted octanol–water partition coefficient (Wildman–Crippen LogP) is 4.23. The number of rotatable bonds is 1. The van der Waals surface area contributed by atoms with Crippen LogP contribution < -0.4 is 0 Å². The average Bonchev–Trinajstić information content (AvgIpc) is 2.99. The molecule has 0 saturated heterocycles. The standard InChI is InChI=1S/C18H16N2OS/c1-11-10-20-16(12(2)19-18(20)22-11)9-14-8-7-13-5-3-4-6-15(13)17(14)21/h3-6,9-10H,7-8H2,1-2H3/b14-9+. The van der Waals surface area contributed by atoms with Gasteiger partial charge in [-0.1, -0.05) is 24.3 Å². The first-order valence-electron chi connectivity index (χ1n) is 7.42. The maximum absolute atomic E-state index is 12.7. The van der Waals surface area contributed by atoms with Gasteiger partial charge in [-0.3, -0.25) is 9.20 Å². The van der Waals surface area contributed by atoms with Crippen LogP contribution in [0.2, 0.25) is 0 Å². The van der Waals surface area contributed by atoms with Crippen LogP contribution in [0.4, 0.5) is 0 Å². The van der Waals surface area contributed by atoms with Crippen molar-refractivity contribution in [2.45, 2.75) is 26.7 Å². The van der Waals surface area contributed by atoms with Crippen molar-refractivity contribution in [2.75, 3.05) is 0 Å². The first kappa shape index (κ1) is 13.5. The monoisotopic (exact) mass is 308 g/mol. The number of imidazole rings is 1. The number of carbonyl (C=O) groups excluding carboxylic acids is 1. The van der Waals surface area contributed by atoms with Gasteiger partial charge in [-0.25, -0.2) is 4.98 Å². The Morgan fingerprint density at radius 1 is 1.23 bits per heavy atom. The topological polar surface area (TPSA) is 34.4 Å². The third-order valence-electron chi connectivity index (χ3n) is 4.19. The molecule has 2 aromatic heterocycles. The second-order valence-electron chi connectivity index (χ2n) is 5.73. The molecule has 0 unspecified atom stereocenters. The normalized spacial score (nSPS) is 16.5. The lowest BCUT2D eigenvalue weighted by molar-refractivity contribution is 0.102. The van der Waals surface area contributed by atoms with E-state index < -0.39 is 0 Å². The second-order valence-corrected chi connectivity index (χ2v) is 6.95. The molecule has 4 rings (SSSR count). The number of carbonyl (C=O) groups is 1. The van der Waals surface area contributed by atoms with E-state index in [2.05, 4.69) is 28.6 Å². The number of aromatic nitrogens is 2. The van der Waals surface area contributed by atoms with Crippen molar-refractivity contribution in [2.24, 2.45) is 0 Å². The molecular weight excluding hydrogens is 292 g/mol. The van der Waals surface area contributed by atoms with E-state index in [1.165, 1.54) is 4.88 Å². The molecule has 0 atom stereocenters. The molecule has 3 nitrogen and oxygen atoms in total. The predicted molar refractivity (Wildman–Crippen MR) is 89.6 cm³/mol. The van der Waals surface area contributed by atoms with E-state index in [0.717, 1.165) is 45.9 Å². The van der Waals surface area contributed by atoms with E-state index in [4.69, 9.17) is 0 Å². The maximum Gasteiger partial charge on any atom is 0.194 e. The van der Waals surface area contributed by atoms with Crippen LogP contribution in [0.15, 0.2) is 36.0 Å². The van der Waals surface area contributed by atoms with Gasteiger partial charge < -0.3 is 0 Å². The number of thiazole rings is 1. The van der Waals surface area contributed by atoms with E-state index in [-0.39, 0.29) is 5.78 Å². The minimum Gasteiger partial charge on any atom is -0.290 e. The van der Waals surface area contributed by atoms with E-state index in [0.29, 0.717) is 0 Å². The molecule has 0 radical (unpaired) electrons. The number of hydrogen-bond acceptors (Lipinski definition) is 3. The van der Waals surface area contributed by atoms with Crippen LogP contribution in [-0.4, -0.2) is 15.2 Å². The van der Waals surface area contributed by atoms with Gasteiger partial charge in [-0.15, -0.1) is 11.3 Å². The summed E-state index contributed by atoms with van der Waals surface area (Å²) in [6.45, 7) is 4.08. The molecule has 0 amide bonds. The summed E-state index contributed by atoms with van der Waals surface area (Å²) in [6.07, 6.45) is 5.84. The molecule has 110 valence electrons. The highest BCUT2D eigenvalue weighted by Gasteiger charge is 2.22. The Kier molecular flexibility index (Phi) is 3.01. The van der Waals surface area contributed by atoms with Crippen molar-refractivity contribution in [3.8, 4) is 0 Å². The summed E-state index contributed by atoms with van der Waals surface area (Å²) in [7, 11) is 0. The molecule has 1 aromatic carbocycles. The van der Waals surface area contributed by atoms with Crippen molar-refractivity contribution in [3.05, 3.63) is 63.4 Å². The molecule has 0 fully saturated rings. The van der Waals surface area contributed by atoms with E-state index in [1.54, 1.807) is 11.3 Å². The zero-order valence-corrected chi connectivity index (χ0v) is 13.4. The summed E-state index contributed by atoms with van der Waals surface area (Å²) < 4.78 is 2.09. The van der Waals surface area contributed by atoms with Crippen molar-refractivity contribution < 1.29 is 4.79 Å². The molecule has 0 spiro atoms. The van der Waals surface area contributed by atoms with Crippen LogP contribution in [0.25, 0.3) is 11.0 Å². The summed E-state index contributed by atoms with van der Waals surface area (Å²) in [5, 5.41) is 0. The van der Waals surface area contributed by atoms with Gasteiger partial charge >= 0.3 is 0 Å². The van der Waals surface area contributed by atoms with Gasteiger partial charge in [0.2, 0.25) is 0 Å². The lowest BCUT2D eigenvalue weighted by Crippen LogP contribution is -2.14. The average molecular weight is 308 g/mol. The van der Waals surface area contributed by atoms with Gasteiger partial charge in [0.05, 0.1) is 11.4 Å². The maximum atomic E-state index is 12.7. The summed E-state index contributed by atoms with van der Waals surface area (Å²) in [6, 6.07) is 7.91. The van der Waals surface area contributed by atoms with Crippen molar-refractivity contribution in [3.63, 3.8) is 0 Å². The Balaban J connectivity index is 1.83. The summed E-state index contributed by atoms with van der Waals surface area (Å²) in [5.41, 5.74) is 4.89. The van der Waals surface area contributed by atoms with E-state index in [1.807, 2.05) is 31.2 Å². The molecular formula is C18H16N2OS. The third kappa shape index (κ3) is 2.03. The molecule has 22 heavy (non-hydrogen) atoms. The molecule has 4 heteroatoms. The van der Waals surface area contributed by atoms with Crippen molar-refractivity contribution in [1.29, 1.82) is 0 Å². The summed E-state index contributed by atoms with van der Waals surface area (Å²) in [5.74, 6) is 0.156. The smallest absolute Gasteiger partial charge is 0.194 e. The Morgan fingerprint density at radius 3 is 2.91 bits per heavy atom. The van der Waals surface area contributed by atoms with Gasteiger partial charge in [0.15, 0.2) is 10.7 Å². The Labute approximate surface area is 132 Å². The van der Waals surface area contributed by atoms with Crippen LogP contribution in [0.1, 0.15) is 38.6 Å². The van der Waals surface area contributed by atoms with Gasteiger partial charge in [0, 0.05) is 22.2 Å². The highest BCUT2D eigenvalue weighted by molar-refractivity contribution is 7.17. The largest absolute Gasteiger partial charge is 0.290 e. The molecule has 1 aliphatic carbocycles. The minimum absolute atomic E-state index is 0.156. The molecule has 3 aromatic rings.